The van der Waals surface area contributed by atoms with Crippen LogP contribution < -0.4 is 0 Å². The highest BCUT2D eigenvalue weighted by molar-refractivity contribution is 9.10. The van der Waals surface area contributed by atoms with Crippen LogP contribution in [0.5, 0.6) is 0 Å². The van der Waals surface area contributed by atoms with Gasteiger partial charge in [-0.3, -0.25) is 0 Å². The third kappa shape index (κ3) is 2.82. The number of benzene rings is 3. The molecule has 0 bridgehead atoms. The first-order chi connectivity index (χ1) is 10.1. The van der Waals surface area contributed by atoms with Crippen LogP contribution in [0.4, 0.5) is 0 Å². The Kier molecular flexibility index (Phi) is 4.23. The van der Waals surface area contributed by atoms with Crippen molar-refractivity contribution in [3.63, 3.8) is 0 Å². The maximum atomic E-state index is 10.7. The molecule has 0 saturated carbocycles. The second-order valence-electron chi connectivity index (χ2n) is 4.75. The van der Waals surface area contributed by atoms with Crippen LogP contribution in [0.15, 0.2) is 59.1 Å². The van der Waals surface area contributed by atoms with Gasteiger partial charge in [0.25, 0.3) is 0 Å². The minimum absolute atomic E-state index is 0.499. The Labute approximate surface area is 141 Å². The Hall–Kier alpha value is -1.06. The zero-order valence-corrected chi connectivity index (χ0v) is 14.0. The molecule has 21 heavy (non-hydrogen) atoms. The summed E-state index contributed by atoms with van der Waals surface area (Å²) in [5, 5.41) is 13.8. The van der Waals surface area contributed by atoms with Gasteiger partial charge in [-0.05, 0) is 40.6 Å². The van der Waals surface area contributed by atoms with E-state index in [1.54, 1.807) is 18.2 Å². The van der Waals surface area contributed by atoms with Crippen LogP contribution in [-0.4, -0.2) is 5.11 Å². The van der Waals surface area contributed by atoms with E-state index in [9.17, 15) is 5.11 Å². The van der Waals surface area contributed by atoms with Gasteiger partial charge in [0.1, 0.15) is 6.10 Å². The van der Waals surface area contributed by atoms with Gasteiger partial charge in [0.2, 0.25) is 0 Å². The smallest absolute Gasteiger partial charge is 0.106 e. The molecular formula is C17H11BrCl2O. The summed E-state index contributed by atoms with van der Waals surface area (Å²) < 4.78 is 0.992. The number of rotatable bonds is 2. The lowest BCUT2D eigenvalue weighted by Gasteiger charge is -2.16. The zero-order valence-electron chi connectivity index (χ0n) is 10.9. The molecule has 0 aromatic heterocycles. The lowest BCUT2D eigenvalue weighted by molar-refractivity contribution is 0.222. The van der Waals surface area contributed by atoms with Crippen LogP contribution in [0.2, 0.25) is 10.0 Å². The standard InChI is InChI=1S/C17H11BrCl2O/c18-15-7-6-13(11-3-1-2-4-12(11)15)17(21)14-9-10(19)5-8-16(14)20/h1-9,17,21H. The molecule has 1 atom stereocenters. The van der Waals surface area contributed by atoms with Crippen LogP contribution in [0.25, 0.3) is 10.8 Å². The predicted molar refractivity (Wildman–Crippen MR) is 92.2 cm³/mol. The largest absolute Gasteiger partial charge is 0.384 e. The molecule has 0 fully saturated rings. The monoisotopic (exact) mass is 380 g/mol. The molecule has 1 nitrogen and oxygen atoms in total. The molecule has 0 heterocycles. The van der Waals surface area contributed by atoms with E-state index in [2.05, 4.69) is 15.9 Å². The first-order valence-corrected chi connectivity index (χ1v) is 7.93. The number of hydrogen-bond acceptors (Lipinski definition) is 1. The van der Waals surface area contributed by atoms with Gasteiger partial charge in [0, 0.05) is 20.1 Å². The van der Waals surface area contributed by atoms with Crippen LogP contribution in [0.1, 0.15) is 17.2 Å². The number of halogens is 3. The maximum Gasteiger partial charge on any atom is 0.106 e. The molecule has 106 valence electrons. The van der Waals surface area contributed by atoms with Crippen molar-refractivity contribution < 1.29 is 5.11 Å². The van der Waals surface area contributed by atoms with Gasteiger partial charge >= 0.3 is 0 Å². The van der Waals surface area contributed by atoms with Gasteiger partial charge in [-0.1, -0.05) is 69.5 Å². The summed E-state index contributed by atoms with van der Waals surface area (Å²) in [5.74, 6) is 0. The minimum atomic E-state index is -0.825. The Morgan fingerprint density at radius 3 is 2.33 bits per heavy atom. The normalized spacial score (nSPS) is 12.6. The van der Waals surface area contributed by atoms with E-state index in [-0.39, 0.29) is 0 Å². The Morgan fingerprint density at radius 2 is 1.57 bits per heavy atom. The van der Waals surface area contributed by atoms with Crippen LogP contribution in [0, 0.1) is 0 Å². The van der Waals surface area contributed by atoms with Crippen LogP contribution in [0.3, 0.4) is 0 Å². The molecule has 0 aliphatic carbocycles. The molecule has 3 aromatic rings. The van der Waals surface area contributed by atoms with E-state index in [0.717, 1.165) is 20.8 Å². The molecule has 4 heteroatoms. The highest BCUT2D eigenvalue weighted by Crippen LogP contribution is 2.36. The van der Waals surface area contributed by atoms with Crippen molar-refractivity contribution in [1.29, 1.82) is 0 Å². The van der Waals surface area contributed by atoms with Gasteiger partial charge in [0.05, 0.1) is 0 Å². The molecule has 1 unspecified atom stereocenters. The third-order valence-electron chi connectivity index (χ3n) is 3.45. The summed E-state index contributed by atoms with van der Waals surface area (Å²) in [6.45, 7) is 0. The molecule has 3 aromatic carbocycles. The molecule has 0 amide bonds. The second-order valence-corrected chi connectivity index (χ2v) is 6.45. The second kappa shape index (κ2) is 5.98. The molecule has 3 rings (SSSR count). The third-order valence-corrected chi connectivity index (χ3v) is 4.72. The highest BCUT2D eigenvalue weighted by atomic mass is 79.9. The number of fused-ring (bicyclic) bond motifs is 1. The van der Waals surface area contributed by atoms with E-state index in [1.165, 1.54) is 0 Å². The van der Waals surface area contributed by atoms with Gasteiger partial charge in [0.15, 0.2) is 0 Å². The van der Waals surface area contributed by atoms with E-state index >= 15 is 0 Å². The van der Waals surface area contributed by atoms with Crippen molar-refractivity contribution in [3.05, 3.63) is 80.2 Å². The topological polar surface area (TPSA) is 20.2 Å². The van der Waals surface area contributed by atoms with Crippen molar-refractivity contribution in [1.82, 2.24) is 0 Å². The summed E-state index contributed by atoms with van der Waals surface area (Å²) in [6, 6.07) is 16.8. The van der Waals surface area contributed by atoms with Gasteiger partial charge in [-0.2, -0.15) is 0 Å². The summed E-state index contributed by atoms with van der Waals surface area (Å²) in [7, 11) is 0. The van der Waals surface area contributed by atoms with Crippen molar-refractivity contribution in [2.75, 3.05) is 0 Å². The predicted octanol–water partition coefficient (Wildman–Crippen LogP) is 5.99. The van der Waals surface area contributed by atoms with Gasteiger partial charge in [-0.15, -0.1) is 0 Å². The van der Waals surface area contributed by atoms with Gasteiger partial charge in [-0.25, -0.2) is 0 Å². The van der Waals surface area contributed by atoms with E-state index < -0.39 is 6.10 Å². The number of aliphatic hydroxyl groups is 1. The number of hydrogen-bond donors (Lipinski definition) is 1. The van der Waals surface area contributed by atoms with E-state index in [1.807, 2.05) is 36.4 Å². The zero-order chi connectivity index (χ0) is 15.0. The molecule has 0 aliphatic heterocycles. The van der Waals surface area contributed by atoms with E-state index in [4.69, 9.17) is 23.2 Å². The summed E-state index contributed by atoms with van der Waals surface area (Å²) >= 11 is 15.7. The molecular weight excluding hydrogens is 371 g/mol. The lowest BCUT2D eigenvalue weighted by Crippen LogP contribution is -2.01. The first-order valence-electron chi connectivity index (χ1n) is 6.38. The minimum Gasteiger partial charge on any atom is -0.384 e. The summed E-state index contributed by atoms with van der Waals surface area (Å²) in [5.41, 5.74) is 1.41. The number of aliphatic hydroxyl groups excluding tert-OH is 1. The molecule has 1 N–H and O–H groups in total. The molecule has 0 aliphatic rings. The average Bonchev–Trinajstić information content (AvgIpc) is 2.50. The Bertz CT molecular complexity index is 817. The van der Waals surface area contributed by atoms with Crippen molar-refractivity contribution in [2.24, 2.45) is 0 Å². The fourth-order valence-electron chi connectivity index (χ4n) is 2.42. The highest BCUT2D eigenvalue weighted by Gasteiger charge is 2.17. The lowest BCUT2D eigenvalue weighted by atomic mass is 9.96. The SMILES string of the molecule is OC(c1cc(Cl)ccc1Cl)c1ccc(Br)c2ccccc12. The fourth-order valence-corrected chi connectivity index (χ4v) is 3.30. The van der Waals surface area contributed by atoms with Crippen molar-refractivity contribution in [2.45, 2.75) is 6.10 Å². The van der Waals surface area contributed by atoms with E-state index in [0.29, 0.717) is 15.6 Å². The summed E-state index contributed by atoms with van der Waals surface area (Å²) in [6.07, 6.45) is -0.825. The van der Waals surface area contributed by atoms with Crippen LogP contribution >= 0.6 is 39.1 Å². The summed E-state index contributed by atoms with van der Waals surface area (Å²) in [4.78, 5) is 0. The van der Waals surface area contributed by atoms with Crippen LogP contribution in [-0.2, 0) is 0 Å². The quantitative estimate of drug-likeness (QED) is 0.577. The van der Waals surface area contributed by atoms with Gasteiger partial charge < -0.3 is 5.11 Å². The average molecular weight is 382 g/mol. The van der Waals surface area contributed by atoms with Crippen molar-refractivity contribution >= 4 is 49.9 Å². The molecule has 0 saturated heterocycles. The molecule has 0 spiro atoms. The molecule has 0 radical (unpaired) electrons. The maximum absolute atomic E-state index is 10.7. The Morgan fingerprint density at radius 1 is 0.857 bits per heavy atom. The first kappa shape index (κ1) is 14.9. The van der Waals surface area contributed by atoms with Crippen molar-refractivity contribution in [3.8, 4) is 0 Å². The Balaban J connectivity index is 2.20. The fraction of sp³-hybridized carbons (Fsp3) is 0.0588.